The number of halogens is 1. The number of nitrogens with one attached hydrogen (secondary N) is 1. The lowest BCUT2D eigenvalue weighted by Crippen LogP contribution is -2.41. The first kappa shape index (κ1) is 20.0. The zero-order chi connectivity index (χ0) is 17.7. The van der Waals surface area contributed by atoms with E-state index in [1.807, 2.05) is 19.0 Å². The molecule has 0 aliphatic rings. The van der Waals surface area contributed by atoms with Gasteiger partial charge in [0, 0.05) is 26.2 Å². The normalized spacial score (nSPS) is 13.0. The van der Waals surface area contributed by atoms with Crippen molar-refractivity contribution in [3.05, 3.63) is 30.1 Å². The highest BCUT2D eigenvalue weighted by atomic mass is 32.2. The van der Waals surface area contributed by atoms with Gasteiger partial charge in [0.05, 0.1) is 11.2 Å². The number of sulfonamides is 2. The third kappa shape index (κ3) is 6.92. The van der Waals surface area contributed by atoms with E-state index in [-0.39, 0.29) is 24.5 Å². The van der Waals surface area contributed by atoms with Gasteiger partial charge in [0.15, 0.2) is 0 Å². The molecule has 0 radical (unpaired) electrons. The minimum Gasteiger partial charge on any atom is -0.308 e. The van der Waals surface area contributed by atoms with Crippen molar-refractivity contribution in [2.75, 3.05) is 46.5 Å². The van der Waals surface area contributed by atoms with Crippen molar-refractivity contribution < 1.29 is 21.2 Å². The van der Waals surface area contributed by atoms with Gasteiger partial charge in [0.2, 0.25) is 20.0 Å². The highest BCUT2D eigenvalue weighted by Gasteiger charge is 2.18. The first-order valence-electron chi connectivity index (χ1n) is 6.87. The molecule has 0 aliphatic carbocycles. The molecule has 7 nitrogen and oxygen atoms in total. The molecular weight excluding hydrogens is 345 g/mol. The van der Waals surface area contributed by atoms with Crippen LogP contribution in [0.15, 0.2) is 29.2 Å². The lowest BCUT2D eigenvalue weighted by atomic mass is 10.4. The molecule has 1 aromatic rings. The molecule has 0 heterocycles. The van der Waals surface area contributed by atoms with E-state index in [4.69, 9.17) is 0 Å². The Hall–Kier alpha value is -1.07. The van der Waals surface area contributed by atoms with Crippen LogP contribution in [0.1, 0.15) is 0 Å². The van der Waals surface area contributed by atoms with Gasteiger partial charge in [-0.25, -0.2) is 25.9 Å². The van der Waals surface area contributed by atoms with Crippen LogP contribution >= 0.6 is 0 Å². The molecule has 1 rings (SSSR count). The van der Waals surface area contributed by atoms with Gasteiger partial charge in [-0.3, -0.25) is 0 Å². The van der Waals surface area contributed by atoms with Crippen LogP contribution in [-0.4, -0.2) is 72.6 Å². The van der Waals surface area contributed by atoms with Gasteiger partial charge in [-0.1, -0.05) is 0 Å². The van der Waals surface area contributed by atoms with Gasteiger partial charge in [-0.15, -0.1) is 0 Å². The zero-order valence-electron chi connectivity index (χ0n) is 13.4. The van der Waals surface area contributed by atoms with Gasteiger partial charge in [-0.2, -0.15) is 4.31 Å². The van der Waals surface area contributed by atoms with Gasteiger partial charge in [0.1, 0.15) is 5.82 Å². The summed E-state index contributed by atoms with van der Waals surface area (Å²) in [4.78, 5) is 1.76. The first-order chi connectivity index (χ1) is 10.5. The summed E-state index contributed by atoms with van der Waals surface area (Å²) in [6.45, 7) is 0.745. The van der Waals surface area contributed by atoms with E-state index in [1.54, 1.807) is 0 Å². The average Bonchev–Trinajstić information content (AvgIpc) is 2.41. The molecule has 1 aromatic carbocycles. The summed E-state index contributed by atoms with van der Waals surface area (Å²) < 4.78 is 63.8. The van der Waals surface area contributed by atoms with Crippen molar-refractivity contribution in [3.63, 3.8) is 0 Å². The van der Waals surface area contributed by atoms with E-state index in [2.05, 4.69) is 4.72 Å². The zero-order valence-corrected chi connectivity index (χ0v) is 15.0. The number of rotatable bonds is 9. The van der Waals surface area contributed by atoms with Crippen molar-refractivity contribution >= 4 is 20.0 Å². The first-order valence-corrected chi connectivity index (χ1v) is 10.2. The van der Waals surface area contributed by atoms with Gasteiger partial charge >= 0.3 is 0 Å². The summed E-state index contributed by atoms with van der Waals surface area (Å²) in [7, 11) is -3.59. The Bertz CT molecular complexity index is 703. The van der Waals surface area contributed by atoms with Crippen LogP contribution < -0.4 is 4.72 Å². The van der Waals surface area contributed by atoms with Crippen LogP contribution in [0.25, 0.3) is 0 Å². The Morgan fingerprint density at radius 1 is 1.00 bits per heavy atom. The summed E-state index contributed by atoms with van der Waals surface area (Å²) in [5, 5.41) is 0. The molecule has 0 unspecified atom stereocenters. The molecule has 0 bridgehead atoms. The SMILES string of the molecule is CN(C)CCN(CCNS(=O)(=O)c1ccc(F)cc1)S(C)(=O)=O. The monoisotopic (exact) mass is 367 g/mol. The molecule has 0 spiro atoms. The van der Waals surface area contributed by atoms with E-state index in [0.29, 0.717) is 6.54 Å². The fraction of sp³-hybridized carbons (Fsp3) is 0.538. The molecule has 0 saturated carbocycles. The summed E-state index contributed by atoms with van der Waals surface area (Å²) in [5.74, 6) is -0.532. The Kier molecular flexibility index (Phi) is 7.08. The summed E-state index contributed by atoms with van der Waals surface area (Å²) in [6, 6.07) is 4.40. The lowest BCUT2D eigenvalue weighted by Gasteiger charge is -2.22. The second-order valence-electron chi connectivity index (χ2n) is 5.32. The maximum absolute atomic E-state index is 12.8. The van der Waals surface area contributed by atoms with Crippen LogP contribution in [0.5, 0.6) is 0 Å². The highest BCUT2D eigenvalue weighted by molar-refractivity contribution is 7.89. The van der Waals surface area contributed by atoms with Crippen molar-refractivity contribution in [2.45, 2.75) is 4.90 Å². The van der Waals surface area contributed by atoms with Crippen molar-refractivity contribution in [1.29, 1.82) is 0 Å². The highest BCUT2D eigenvalue weighted by Crippen LogP contribution is 2.09. The minimum absolute atomic E-state index is 0.0209. The fourth-order valence-electron chi connectivity index (χ4n) is 1.76. The standard InChI is InChI=1S/C13H22FN3O4S2/c1-16(2)10-11-17(22(3,18)19)9-8-15-23(20,21)13-6-4-12(14)5-7-13/h4-7,15H,8-11H2,1-3H3. The van der Waals surface area contributed by atoms with Crippen LogP contribution in [0.4, 0.5) is 4.39 Å². The molecular formula is C13H22FN3O4S2. The topological polar surface area (TPSA) is 86.8 Å². The number of nitrogens with zero attached hydrogens (tertiary/aromatic N) is 2. The maximum Gasteiger partial charge on any atom is 0.240 e. The minimum atomic E-state index is -3.80. The van der Waals surface area contributed by atoms with Gasteiger partial charge in [0.25, 0.3) is 0 Å². The Labute approximate surface area is 137 Å². The van der Waals surface area contributed by atoms with E-state index in [1.165, 1.54) is 4.31 Å². The van der Waals surface area contributed by atoms with Gasteiger partial charge < -0.3 is 4.90 Å². The molecule has 132 valence electrons. The van der Waals surface area contributed by atoms with Crippen LogP contribution in [0.2, 0.25) is 0 Å². The predicted octanol–water partition coefficient (Wildman–Crippen LogP) is -0.0728. The predicted molar refractivity (Wildman–Crippen MR) is 86.6 cm³/mol. The van der Waals surface area contributed by atoms with Crippen molar-refractivity contribution in [2.24, 2.45) is 0 Å². The molecule has 0 amide bonds. The second kappa shape index (κ2) is 8.15. The van der Waals surface area contributed by atoms with E-state index in [0.717, 1.165) is 30.5 Å². The van der Waals surface area contributed by atoms with Crippen LogP contribution in [-0.2, 0) is 20.0 Å². The molecule has 10 heteroatoms. The van der Waals surface area contributed by atoms with Crippen LogP contribution in [0.3, 0.4) is 0 Å². The third-order valence-electron chi connectivity index (χ3n) is 3.04. The summed E-state index contributed by atoms with van der Waals surface area (Å²) >= 11 is 0. The largest absolute Gasteiger partial charge is 0.308 e. The Balaban J connectivity index is 2.66. The van der Waals surface area contributed by atoms with E-state index < -0.39 is 25.9 Å². The second-order valence-corrected chi connectivity index (χ2v) is 9.07. The number of likely N-dealkylation sites (N-methyl/N-ethyl adjacent to an activating group) is 1. The fourth-order valence-corrected chi connectivity index (χ4v) is 3.61. The quantitative estimate of drug-likeness (QED) is 0.660. The van der Waals surface area contributed by atoms with E-state index in [9.17, 15) is 21.2 Å². The smallest absolute Gasteiger partial charge is 0.240 e. The molecule has 23 heavy (non-hydrogen) atoms. The lowest BCUT2D eigenvalue weighted by molar-refractivity contribution is 0.336. The summed E-state index contributed by atoms with van der Waals surface area (Å²) in [6.07, 6.45) is 1.08. The maximum atomic E-state index is 12.8. The molecule has 1 N–H and O–H groups in total. The molecule has 0 fully saturated rings. The third-order valence-corrected chi connectivity index (χ3v) is 5.82. The Morgan fingerprint density at radius 3 is 2.04 bits per heavy atom. The number of hydrogen-bond donors (Lipinski definition) is 1. The molecule has 0 saturated heterocycles. The van der Waals surface area contributed by atoms with E-state index >= 15 is 0 Å². The van der Waals surface area contributed by atoms with Crippen molar-refractivity contribution in [3.8, 4) is 0 Å². The Morgan fingerprint density at radius 2 is 1.57 bits per heavy atom. The summed E-state index contributed by atoms with van der Waals surface area (Å²) in [5.41, 5.74) is 0. The average molecular weight is 367 g/mol. The number of hydrogen-bond acceptors (Lipinski definition) is 5. The van der Waals surface area contributed by atoms with Crippen LogP contribution in [0, 0.1) is 5.82 Å². The molecule has 0 atom stereocenters. The van der Waals surface area contributed by atoms with Crippen molar-refractivity contribution in [1.82, 2.24) is 13.9 Å². The molecule has 0 aromatic heterocycles. The molecule has 0 aliphatic heterocycles. The van der Waals surface area contributed by atoms with Gasteiger partial charge in [-0.05, 0) is 38.4 Å². The number of benzene rings is 1.